The van der Waals surface area contributed by atoms with Gasteiger partial charge in [0.1, 0.15) is 0 Å². The van der Waals surface area contributed by atoms with Crippen LogP contribution in [0.3, 0.4) is 0 Å². The molecule has 2 nitrogen and oxygen atoms in total. The third-order valence-corrected chi connectivity index (χ3v) is 2.27. The van der Waals surface area contributed by atoms with Gasteiger partial charge in [0.15, 0.2) is 0 Å². The topological polar surface area (TPSA) is 35.2 Å². The average Bonchev–Trinajstić information content (AvgIpc) is 2.05. The molecule has 0 bridgehead atoms. The van der Waals surface area contributed by atoms with Crippen LogP contribution in [0.4, 0.5) is 0 Å². The van der Waals surface area contributed by atoms with Gasteiger partial charge < -0.3 is 10.5 Å². The van der Waals surface area contributed by atoms with E-state index in [0.717, 1.165) is 19.6 Å². The van der Waals surface area contributed by atoms with Crippen molar-refractivity contribution in [2.75, 3.05) is 13.2 Å². The normalized spacial score (nSPS) is 30.0. The second kappa shape index (κ2) is 3.94. The van der Waals surface area contributed by atoms with Gasteiger partial charge in [-0.25, -0.2) is 0 Å². The maximum Gasteiger partial charge on any atom is 0.0509 e. The van der Waals surface area contributed by atoms with E-state index in [2.05, 4.69) is 6.92 Å². The molecule has 0 saturated carbocycles. The average molecular weight is 143 g/mol. The molecule has 1 aliphatic rings. The van der Waals surface area contributed by atoms with Crippen LogP contribution in [0.5, 0.6) is 0 Å². The van der Waals surface area contributed by atoms with E-state index in [1.807, 2.05) is 0 Å². The van der Waals surface area contributed by atoms with E-state index in [4.69, 9.17) is 10.5 Å². The molecule has 1 rings (SSSR count). The maximum absolute atomic E-state index is 5.87. The molecule has 60 valence electrons. The highest BCUT2D eigenvalue weighted by molar-refractivity contribution is 4.73. The highest BCUT2D eigenvalue weighted by Gasteiger charge is 2.18. The summed E-state index contributed by atoms with van der Waals surface area (Å²) in [6.07, 6.45) is 3.53. The van der Waals surface area contributed by atoms with Gasteiger partial charge in [-0.2, -0.15) is 0 Å². The monoisotopic (exact) mass is 143 g/mol. The quantitative estimate of drug-likeness (QED) is 0.629. The minimum absolute atomic E-state index is 0.361. The summed E-state index contributed by atoms with van der Waals surface area (Å²) >= 11 is 0. The minimum Gasteiger partial charge on any atom is -0.381 e. The third kappa shape index (κ3) is 1.96. The maximum atomic E-state index is 5.87. The third-order valence-electron chi connectivity index (χ3n) is 2.27. The van der Waals surface area contributed by atoms with Crippen LogP contribution in [0, 0.1) is 5.92 Å². The summed E-state index contributed by atoms with van der Waals surface area (Å²) in [5, 5.41) is 0. The van der Waals surface area contributed by atoms with E-state index in [-0.39, 0.29) is 0 Å². The van der Waals surface area contributed by atoms with Gasteiger partial charge in [-0.15, -0.1) is 0 Å². The van der Waals surface area contributed by atoms with Crippen molar-refractivity contribution in [1.82, 2.24) is 0 Å². The molecule has 1 heterocycles. The zero-order valence-electron chi connectivity index (χ0n) is 6.68. The second-order valence-electron chi connectivity index (χ2n) is 3.05. The predicted octanol–water partition coefficient (Wildman–Crippen LogP) is 1.15. The summed E-state index contributed by atoms with van der Waals surface area (Å²) < 4.78 is 5.33. The molecular formula is C8H17NO. The number of ether oxygens (including phenoxy) is 1. The van der Waals surface area contributed by atoms with E-state index in [1.165, 1.54) is 12.8 Å². The van der Waals surface area contributed by atoms with Crippen molar-refractivity contribution in [3.05, 3.63) is 0 Å². The van der Waals surface area contributed by atoms with E-state index in [9.17, 15) is 0 Å². The van der Waals surface area contributed by atoms with Gasteiger partial charge in [-0.1, -0.05) is 6.92 Å². The van der Waals surface area contributed by atoms with Crippen LogP contribution in [-0.2, 0) is 4.74 Å². The molecule has 2 N–H and O–H groups in total. The summed E-state index contributed by atoms with van der Waals surface area (Å²) in [7, 11) is 0. The second-order valence-corrected chi connectivity index (χ2v) is 3.05. The fraction of sp³-hybridized carbons (Fsp3) is 1.00. The number of hydrogen-bond acceptors (Lipinski definition) is 2. The molecule has 0 aromatic rings. The molecule has 2 heteroatoms. The van der Waals surface area contributed by atoms with E-state index in [0.29, 0.717) is 12.0 Å². The van der Waals surface area contributed by atoms with Crippen molar-refractivity contribution in [1.29, 1.82) is 0 Å². The fourth-order valence-electron chi connectivity index (χ4n) is 1.44. The predicted molar refractivity (Wildman–Crippen MR) is 41.8 cm³/mol. The van der Waals surface area contributed by atoms with Crippen molar-refractivity contribution in [3.8, 4) is 0 Å². The number of hydrogen-bond donors (Lipinski definition) is 1. The van der Waals surface area contributed by atoms with Crippen molar-refractivity contribution in [2.45, 2.75) is 32.2 Å². The zero-order valence-corrected chi connectivity index (χ0v) is 6.68. The lowest BCUT2D eigenvalue weighted by atomic mass is 9.93. The Kier molecular flexibility index (Phi) is 3.16. The molecule has 10 heavy (non-hydrogen) atoms. The van der Waals surface area contributed by atoms with Crippen LogP contribution >= 0.6 is 0 Å². The Morgan fingerprint density at radius 2 is 2.50 bits per heavy atom. The lowest BCUT2D eigenvalue weighted by Crippen LogP contribution is -2.35. The molecule has 2 unspecified atom stereocenters. The summed E-state index contributed by atoms with van der Waals surface area (Å²) in [5.41, 5.74) is 5.87. The lowest BCUT2D eigenvalue weighted by molar-refractivity contribution is 0.0445. The first-order valence-electron chi connectivity index (χ1n) is 4.18. The van der Waals surface area contributed by atoms with Crippen molar-refractivity contribution < 1.29 is 4.74 Å². The Labute approximate surface area is 62.7 Å². The first-order valence-corrected chi connectivity index (χ1v) is 4.18. The smallest absolute Gasteiger partial charge is 0.0509 e. The van der Waals surface area contributed by atoms with Crippen LogP contribution < -0.4 is 5.73 Å². The highest BCUT2D eigenvalue weighted by atomic mass is 16.5. The Morgan fingerprint density at radius 3 is 3.00 bits per heavy atom. The minimum atomic E-state index is 0.361. The fourth-order valence-corrected chi connectivity index (χ4v) is 1.44. The summed E-state index contributed by atoms with van der Waals surface area (Å²) in [6.45, 7) is 3.96. The van der Waals surface area contributed by atoms with Gasteiger partial charge in [-0.05, 0) is 25.2 Å². The van der Waals surface area contributed by atoms with Gasteiger partial charge in [0.2, 0.25) is 0 Å². The SMILES string of the molecule is CCC(N)C1CCCOC1. The summed E-state index contributed by atoms with van der Waals surface area (Å²) in [6, 6.07) is 0.361. The van der Waals surface area contributed by atoms with E-state index in [1.54, 1.807) is 0 Å². The van der Waals surface area contributed by atoms with Crippen LogP contribution in [0.15, 0.2) is 0 Å². The van der Waals surface area contributed by atoms with Crippen LogP contribution in [0.25, 0.3) is 0 Å². The van der Waals surface area contributed by atoms with Gasteiger partial charge in [0.25, 0.3) is 0 Å². The molecule has 0 aliphatic carbocycles. The molecule has 2 atom stereocenters. The van der Waals surface area contributed by atoms with Crippen LogP contribution in [-0.4, -0.2) is 19.3 Å². The van der Waals surface area contributed by atoms with Gasteiger partial charge in [0.05, 0.1) is 6.61 Å². The molecule has 0 radical (unpaired) electrons. The zero-order chi connectivity index (χ0) is 7.40. The molecule has 0 aromatic carbocycles. The van der Waals surface area contributed by atoms with Crippen molar-refractivity contribution in [3.63, 3.8) is 0 Å². The van der Waals surface area contributed by atoms with Gasteiger partial charge in [0, 0.05) is 12.6 Å². The first kappa shape index (κ1) is 8.02. The van der Waals surface area contributed by atoms with Gasteiger partial charge in [-0.3, -0.25) is 0 Å². The Bertz CT molecular complexity index is 89.3. The first-order chi connectivity index (χ1) is 4.84. The Balaban J connectivity index is 2.24. The highest BCUT2D eigenvalue weighted by Crippen LogP contribution is 2.17. The van der Waals surface area contributed by atoms with Gasteiger partial charge >= 0.3 is 0 Å². The largest absolute Gasteiger partial charge is 0.381 e. The van der Waals surface area contributed by atoms with E-state index < -0.39 is 0 Å². The molecule has 1 fully saturated rings. The molecular weight excluding hydrogens is 126 g/mol. The van der Waals surface area contributed by atoms with Crippen molar-refractivity contribution in [2.24, 2.45) is 11.7 Å². The van der Waals surface area contributed by atoms with Crippen molar-refractivity contribution >= 4 is 0 Å². The van der Waals surface area contributed by atoms with E-state index >= 15 is 0 Å². The molecule has 1 aliphatic heterocycles. The van der Waals surface area contributed by atoms with Crippen LogP contribution in [0.1, 0.15) is 26.2 Å². The molecule has 0 spiro atoms. The Hall–Kier alpha value is -0.0800. The van der Waals surface area contributed by atoms with Crippen LogP contribution in [0.2, 0.25) is 0 Å². The number of rotatable bonds is 2. The molecule has 1 saturated heterocycles. The summed E-state index contributed by atoms with van der Waals surface area (Å²) in [4.78, 5) is 0. The number of nitrogens with two attached hydrogens (primary N) is 1. The molecule has 0 aromatic heterocycles. The molecule has 0 amide bonds. The summed E-state index contributed by atoms with van der Waals surface area (Å²) in [5.74, 6) is 0.624. The standard InChI is InChI=1S/C8H17NO/c1-2-8(9)7-4-3-5-10-6-7/h7-8H,2-6,9H2,1H3. The Morgan fingerprint density at radius 1 is 1.70 bits per heavy atom. The lowest BCUT2D eigenvalue weighted by Gasteiger charge is -2.26.